The number of hydrogen-bond acceptors (Lipinski definition) is 6. The summed E-state index contributed by atoms with van der Waals surface area (Å²) in [7, 11) is 3.13. The maximum Gasteiger partial charge on any atom is 0.234 e. The summed E-state index contributed by atoms with van der Waals surface area (Å²) in [4.78, 5) is 12.8. The summed E-state index contributed by atoms with van der Waals surface area (Å²) in [5, 5.41) is 13.4. The third-order valence-electron chi connectivity index (χ3n) is 5.15. The number of methoxy groups -OCH3 is 2. The zero-order valence-electron chi connectivity index (χ0n) is 19.2. The minimum atomic E-state index is -0.223. The van der Waals surface area contributed by atoms with E-state index in [1.807, 2.05) is 47.9 Å². The lowest BCUT2D eigenvalue weighted by Gasteiger charge is -2.13. The number of carbonyl (C=O) groups excluding carboxylic acids is 1. The predicted molar refractivity (Wildman–Crippen MR) is 140 cm³/mol. The van der Waals surface area contributed by atoms with Crippen LogP contribution in [0.2, 0.25) is 10.0 Å². The molecule has 0 bridgehead atoms. The third kappa shape index (κ3) is 5.56. The van der Waals surface area contributed by atoms with Gasteiger partial charge < -0.3 is 14.8 Å². The van der Waals surface area contributed by atoms with E-state index in [4.69, 9.17) is 32.7 Å². The van der Waals surface area contributed by atoms with E-state index >= 15 is 0 Å². The number of aryl methyl sites for hydroxylation is 1. The lowest BCUT2D eigenvalue weighted by Crippen LogP contribution is -2.15. The lowest BCUT2D eigenvalue weighted by molar-refractivity contribution is -0.113. The van der Waals surface area contributed by atoms with Crippen molar-refractivity contribution in [3.63, 3.8) is 0 Å². The molecule has 7 nitrogen and oxygen atoms in total. The largest absolute Gasteiger partial charge is 0.496 e. The molecular weight excluding hydrogens is 507 g/mol. The quantitative estimate of drug-likeness (QED) is 0.270. The molecule has 0 aliphatic heterocycles. The number of ether oxygens (including phenoxy) is 2. The number of thioether (sulfide) groups is 1. The van der Waals surface area contributed by atoms with Crippen molar-refractivity contribution in [1.29, 1.82) is 0 Å². The summed E-state index contributed by atoms with van der Waals surface area (Å²) in [5.41, 5.74) is 2.96. The van der Waals surface area contributed by atoms with Gasteiger partial charge >= 0.3 is 0 Å². The number of anilines is 1. The van der Waals surface area contributed by atoms with Gasteiger partial charge in [0.2, 0.25) is 5.91 Å². The summed E-state index contributed by atoms with van der Waals surface area (Å²) >= 11 is 13.5. The number of nitrogens with one attached hydrogen (secondary N) is 1. The fourth-order valence-corrected chi connectivity index (χ4v) is 4.47. The highest BCUT2D eigenvalue weighted by molar-refractivity contribution is 7.99. The van der Waals surface area contributed by atoms with Gasteiger partial charge in [0.25, 0.3) is 0 Å². The van der Waals surface area contributed by atoms with Crippen molar-refractivity contribution in [1.82, 2.24) is 14.8 Å². The first-order chi connectivity index (χ1) is 16.9. The number of hydrogen-bond donors (Lipinski definition) is 1. The van der Waals surface area contributed by atoms with E-state index in [2.05, 4.69) is 15.5 Å². The predicted octanol–water partition coefficient (Wildman–Crippen LogP) is 6.30. The first-order valence-corrected chi connectivity index (χ1v) is 12.3. The highest BCUT2D eigenvalue weighted by atomic mass is 35.5. The molecule has 0 unspecified atom stereocenters. The molecule has 0 fully saturated rings. The maximum absolute atomic E-state index is 12.8. The van der Waals surface area contributed by atoms with E-state index < -0.39 is 0 Å². The molecule has 4 aromatic rings. The summed E-state index contributed by atoms with van der Waals surface area (Å²) in [6, 6.07) is 18.3. The highest BCUT2D eigenvalue weighted by Crippen LogP contribution is 2.34. The van der Waals surface area contributed by atoms with Gasteiger partial charge in [-0.05, 0) is 55.0 Å². The van der Waals surface area contributed by atoms with Crippen molar-refractivity contribution < 1.29 is 14.3 Å². The summed E-state index contributed by atoms with van der Waals surface area (Å²) < 4.78 is 12.8. The van der Waals surface area contributed by atoms with Gasteiger partial charge in [0, 0.05) is 21.8 Å². The minimum Gasteiger partial charge on any atom is -0.496 e. The van der Waals surface area contributed by atoms with Crippen molar-refractivity contribution in [3.8, 4) is 28.6 Å². The van der Waals surface area contributed by atoms with Crippen LogP contribution in [0.5, 0.6) is 11.5 Å². The van der Waals surface area contributed by atoms with Crippen molar-refractivity contribution in [2.45, 2.75) is 12.1 Å². The number of aromatic nitrogens is 3. The molecule has 1 amide bonds. The van der Waals surface area contributed by atoms with Gasteiger partial charge in [-0.15, -0.1) is 10.2 Å². The second-order valence-electron chi connectivity index (χ2n) is 7.46. The summed E-state index contributed by atoms with van der Waals surface area (Å²) in [6.07, 6.45) is 0. The Morgan fingerprint density at radius 2 is 1.71 bits per heavy atom. The van der Waals surface area contributed by atoms with Crippen LogP contribution in [-0.4, -0.2) is 40.6 Å². The molecule has 0 atom stereocenters. The average Bonchev–Trinajstić information content (AvgIpc) is 3.29. The molecule has 0 saturated heterocycles. The van der Waals surface area contributed by atoms with Gasteiger partial charge in [0.1, 0.15) is 11.5 Å². The molecule has 180 valence electrons. The van der Waals surface area contributed by atoms with E-state index in [9.17, 15) is 4.79 Å². The topological polar surface area (TPSA) is 78.3 Å². The zero-order chi connectivity index (χ0) is 24.9. The Bertz CT molecular complexity index is 1360. The zero-order valence-corrected chi connectivity index (χ0v) is 21.5. The Hall–Kier alpha value is -3.20. The number of amides is 1. The first kappa shape index (κ1) is 24.9. The van der Waals surface area contributed by atoms with Gasteiger partial charge in [-0.2, -0.15) is 0 Å². The Kier molecular flexibility index (Phi) is 7.85. The second-order valence-corrected chi connectivity index (χ2v) is 9.24. The molecule has 0 radical (unpaired) electrons. The standard InChI is InChI=1S/C25H22Cl2N4O3S/c1-15-12-20(22(34-3)13-19(15)27)28-23(32)14-35-25-30-29-24(18-6-4-5-7-21(18)33-2)31(25)17-10-8-16(26)9-11-17/h4-13H,14H2,1-3H3,(H,28,32). The molecular formula is C25H22Cl2N4O3S. The van der Waals surface area contributed by atoms with Gasteiger partial charge in [0.15, 0.2) is 11.0 Å². The highest BCUT2D eigenvalue weighted by Gasteiger charge is 2.20. The number of halogens is 2. The van der Waals surface area contributed by atoms with E-state index in [1.54, 1.807) is 31.4 Å². The molecule has 0 spiro atoms. The molecule has 3 aromatic carbocycles. The van der Waals surface area contributed by atoms with E-state index in [0.717, 1.165) is 16.8 Å². The summed E-state index contributed by atoms with van der Waals surface area (Å²) in [5.74, 6) is 1.61. The van der Waals surface area contributed by atoms with Crippen LogP contribution in [0.3, 0.4) is 0 Å². The maximum atomic E-state index is 12.8. The van der Waals surface area contributed by atoms with Crippen LogP contribution in [0.15, 0.2) is 65.8 Å². The number of nitrogens with zero attached hydrogens (tertiary/aromatic N) is 3. The fraction of sp³-hybridized carbons (Fsp3) is 0.160. The fourth-order valence-electron chi connectivity index (χ4n) is 3.44. The average molecular weight is 529 g/mol. The Balaban J connectivity index is 1.63. The third-order valence-corrected chi connectivity index (χ3v) is 6.74. The van der Waals surface area contributed by atoms with E-state index in [0.29, 0.717) is 38.2 Å². The smallest absolute Gasteiger partial charge is 0.234 e. The number of benzene rings is 3. The SMILES string of the molecule is COc1cc(Cl)c(C)cc1NC(=O)CSc1nnc(-c2ccccc2OC)n1-c1ccc(Cl)cc1. The molecule has 1 aromatic heterocycles. The van der Waals surface area contributed by atoms with Crippen LogP contribution in [0, 0.1) is 6.92 Å². The van der Waals surface area contributed by atoms with Crippen LogP contribution < -0.4 is 14.8 Å². The van der Waals surface area contributed by atoms with Crippen molar-refractivity contribution in [2.24, 2.45) is 0 Å². The van der Waals surface area contributed by atoms with Crippen molar-refractivity contribution in [3.05, 3.63) is 76.3 Å². The Morgan fingerprint density at radius 1 is 1.00 bits per heavy atom. The first-order valence-electron chi connectivity index (χ1n) is 10.5. The van der Waals surface area contributed by atoms with Gasteiger partial charge in [-0.1, -0.05) is 47.1 Å². The van der Waals surface area contributed by atoms with Crippen LogP contribution in [0.25, 0.3) is 17.1 Å². The second kappa shape index (κ2) is 11.0. The monoisotopic (exact) mass is 528 g/mol. The molecule has 0 saturated carbocycles. The number of para-hydroxylation sites is 1. The van der Waals surface area contributed by atoms with Crippen molar-refractivity contribution in [2.75, 3.05) is 25.3 Å². The summed E-state index contributed by atoms with van der Waals surface area (Å²) in [6.45, 7) is 1.86. The van der Waals surface area contributed by atoms with Crippen molar-refractivity contribution >= 4 is 46.6 Å². The Labute approximate surface area is 217 Å². The van der Waals surface area contributed by atoms with Crippen LogP contribution in [-0.2, 0) is 4.79 Å². The lowest BCUT2D eigenvalue weighted by atomic mass is 10.2. The molecule has 0 aliphatic carbocycles. The molecule has 0 aliphatic rings. The minimum absolute atomic E-state index is 0.0997. The molecule has 1 N–H and O–H groups in total. The van der Waals surface area contributed by atoms with E-state index in [-0.39, 0.29) is 11.7 Å². The molecule has 35 heavy (non-hydrogen) atoms. The van der Waals surface area contributed by atoms with Crippen LogP contribution in [0.1, 0.15) is 5.56 Å². The number of rotatable bonds is 8. The molecule has 4 rings (SSSR count). The van der Waals surface area contributed by atoms with Gasteiger partial charge in [-0.3, -0.25) is 9.36 Å². The van der Waals surface area contributed by atoms with Gasteiger partial charge in [-0.25, -0.2) is 0 Å². The molecule has 1 heterocycles. The van der Waals surface area contributed by atoms with E-state index in [1.165, 1.54) is 18.9 Å². The number of carbonyl (C=O) groups is 1. The normalized spacial score (nSPS) is 10.8. The Morgan fingerprint density at radius 3 is 2.43 bits per heavy atom. The van der Waals surface area contributed by atoms with Gasteiger partial charge in [0.05, 0.1) is 31.2 Å². The van der Waals surface area contributed by atoms with Crippen LogP contribution in [0.4, 0.5) is 5.69 Å². The molecule has 10 heteroatoms. The van der Waals surface area contributed by atoms with Crippen LogP contribution >= 0.6 is 35.0 Å².